The maximum Gasteiger partial charge on any atom is 0.288 e. The van der Waals surface area contributed by atoms with E-state index in [4.69, 9.17) is 11.6 Å². The summed E-state index contributed by atoms with van der Waals surface area (Å²) < 4.78 is 1.96. The molecule has 0 saturated heterocycles. The molecule has 7 nitrogen and oxygen atoms in total. The van der Waals surface area contributed by atoms with Crippen molar-refractivity contribution in [2.75, 3.05) is 0 Å². The lowest BCUT2D eigenvalue weighted by Crippen LogP contribution is -2.05. The van der Waals surface area contributed by atoms with Crippen LogP contribution in [-0.4, -0.2) is 19.7 Å². The Morgan fingerprint density at radius 1 is 1.38 bits per heavy atom. The van der Waals surface area contributed by atoms with E-state index in [1.807, 2.05) is 4.57 Å². The molecule has 0 N–H and O–H groups in total. The highest BCUT2D eigenvalue weighted by Gasteiger charge is 2.18. The van der Waals surface area contributed by atoms with Crippen molar-refractivity contribution in [2.45, 2.75) is 32.2 Å². The Kier molecular flexibility index (Phi) is 4.58. The van der Waals surface area contributed by atoms with E-state index in [9.17, 15) is 15.4 Å². The van der Waals surface area contributed by atoms with Crippen molar-refractivity contribution >= 4 is 28.9 Å². The number of rotatable bonds is 3. The highest BCUT2D eigenvalue weighted by atomic mass is 35.5. The van der Waals surface area contributed by atoms with Gasteiger partial charge in [0.2, 0.25) is 0 Å². The van der Waals surface area contributed by atoms with E-state index < -0.39 is 4.92 Å². The average molecular weight is 344 g/mol. The third kappa shape index (κ3) is 3.14. The van der Waals surface area contributed by atoms with Crippen molar-refractivity contribution in [3.8, 4) is 6.07 Å². The zero-order valence-electron chi connectivity index (χ0n) is 12.8. The summed E-state index contributed by atoms with van der Waals surface area (Å²) in [6.45, 7) is 0.775. The van der Waals surface area contributed by atoms with Gasteiger partial charge in [0.05, 0.1) is 10.5 Å². The van der Waals surface area contributed by atoms with Crippen LogP contribution in [0.25, 0.3) is 11.6 Å². The lowest BCUT2D eigenvalue weighted by atomic mass is 10.1. The van der Waals surface area contributed by atoms with Gasteiger partial charge in [-0.1, -0.05) is 24.1 Å². The molecular weight excluding hydrogens is 330 g/mol. The summed E-state index contributed by atoms with van der Waals surface area (Å²) in [4.78, 5) is 10.4. The molecule has 2 aromatic rings. The molecule has 0 radical (unpaired) electrons. The van der Waals surface area contributed by atoms with Crippen LogP contribution in [0.4, 0.5) is 5.69 Å². The minimum atomic E-state index is -0.547. The van der Waals surface area contributed by atoms with E-state index in [2.05, 4.69) is 16.3 Å². The predicted octanol–water partition coefficient (Wildman–Crippen LogP) is 3.63. The summed E-state index contributed by atoms with van der Waals surface area (Å²) in [5, 5.41) is 28.9. The zero-order valence-corrected chi connectivity index (χ0v) is 13.5. The summed E-state index contributed by atoms with van der Waals surface area (Å²) in [6.07, 6.45) is 5.62. The Morgan fingerprint density at radius 3 is 2.96 bits per heavy atom. The molecule has 1 aliphatic heterocycles. The van der Waals surface area contributed by atoms with Crippen molar-refractivity contribution in [1.82, 2.24) is 14.8 Å². The molecule has 0 saturated carbocycles. The summed E-state index contributed by atoms with van der Waals surface area (Å²) in [5.74, 6) is 1.39. The van der Waals surface area contributed by atoms with E-state index in [1.54, 1.807) is 12.1 Å². The lowest BCUT2D eigenvalue weighted by molar-refractivity contribution is -0.384. The molecule has 0 aliphatic carbocycles. The Labute approximate surface area is 143 Å². The van der Waals surface area contributed by atoms with Crippen molar-refractivity contribution in [3.63, 3.8) is 0 Å². The first-order valence-corrected chi connectivity index (χ1v) is 7.96. The van der Waals surface area contributed by atoms with E-state index in [0.29, 0.717) is 17.0 Å². The quantitative estimate of drug-likeness (QED) is 0.481. The minimum Gasteiger partial charge on any atom is -0.310 e. The lowest BCUT2D eigenvalue weighted by Gasteiger charge is -2.06. The van der Waals surface area contributed by atoms with Crippen LogP contribution in [-0.2, 0) is 13.0 Å². The van der Waals surface area contributed by atoms with E-state index in [1.165, 1.54) is 12.1 Å². The fourth-order valence-electron chi connectivity index (χ4n) is 2.76. The molecule has 0 bridgehead atoms. The Morgan fingerprint density at radius 2 is 2.21 bits per heavy atom. The SMILES string of the molecule is N#CC(=Cc1ccc(Cl)c([N+](=O)[O-])c1)c1nnc2n1CCCCC2. The summed E-state index contributed by atoms with van der Waals surface area (Å²) in [6, 6.07) is 6.55. The van der Waals surface area contributed by atoms with E-state index in [-0.39, 0.29) is 10.7 Å². The standard InChI is InChI=1S/C16H14ClN5O2/c17-13-6-5-11(9-14(13)22(23)24)8-12(10-18)16-20-19-15-4-2-1-3-7-21(15)16/h5-6,8-9H,1-4,7H2. The number of hydrogen-bond donors (Lipinski definition) is 0. The Hall–Kier alpha value is -2.72. The number of nitro benzene ring substituents is 1. The van der Waals surface area contributed by atoms with Gasteiger partial charge in [-0.3, -0.25) is 10.1 Å². The van der Waals surface area contributed by atoms with Gasteiger partial charge >= 0.3 is 0 Å². The number of aryl methyl sites for hydroxylation is 1. The Balaban J connectivity index is 2.03. The van der Waals surface area contributed by atoms with Gasteiger partial charge in [0.1, 0.15) is 16.9 Å². The highest BCUT2D eigenvalue weighted by molar-refractivity contribution is 6.32. The second kappa shape index (κ2) is 6.81. The van der Waals surface area contributed by atoms with Gasteiger partial charge < -0.3 is 4.57 Å². The van der Waals surface area contributed by atoms with Crippen LogP contribution in [0.2, 0.25) is 5.02 Å². The fourth-order valence-corrected chi connectivity index (χ4v) is 2.94. The number of allylic oxidation sites excluding steroid dienone is 1. The fraction of sp³-hybridized carbons (Fsp3) is 0.312. The number of fused-ring (bicyclic) bond motifs is 1. The van der Waals surface area contributed by atoms with Crippen LogP contribution in [0.5, 0.6) is 0 Å². The minimum absolute atomic E-state index is 0.0620. The maximum atomic E-state index is 11.0. The molecular formula is C16H14ClN5O2. The number of benzene rings is 1. The molecule has 0 fully saturated rings. The molecule has 3 rings (SSSR count). The van der Waals surface area contributed by atoms with Gasteiger partial charge in [-0.15, -0.1) is 10.2 Å². The number of nitro groups is 1. The maximum absolute atomic E-state index is 11.0. The summed E-state index contributed by atoms with van der Waals surface area (Å²) >= 11 is 5.82. The van der Waals surface area contributed by atoms with Gasteiger partial charge in [0.15, 0.2) is 5.82 Å². The van der Waals surface area contributed by atoms with Crippen LogP contribution in [0.3, 0.4) is 0 Å². The van der Waals surface area contributed by atoms with Crippen LogP contribution < -0.4 is 0 Å². The monoisotopic (exact) mass is 343 g/mol. The third-order valence-corrected chi connectivity index (χ3v) is 4.27. The second-order valence-electron chi connectivity index (χ2n) is 5.54. The first kappa shape index (κ1) is 16.1. The highest BCUT2D eigenvalue weighted by Crippen LogP contribution is 2.27. The first-order chi connectivity index (χ1) is 11.6. The van der Waals surface area contributed by atoms with Gasteiger partial charge in [0.25, 0.3) is 5.69 Å². The molecule has 1 aliphatic rings. The topological polar surface area (TPSA) is 97.6 Å². The molecule has 0 unspecified atom stereocenters. The zero-order chi connectivity index (χ0) is 17.1. The number of nitriles is 1. The molecule has 0 amide bonds. The summed E-state index contributed by atoms with van der Waals surface area (Å²) in [5.41, 5.74) is 0.656. The molecule has 0 atom stereocenters. The first-order valence-electron chi connectivity index (χ1n) is 7.58. The molecule has 122 valence electrons. The number of halogens is 1. The molecule has 24 heavy (non-hydrogen) atoms. The van der Waals surface area contributed by atoms with Crippen LogP contribution in [0.15, 0.2) is 18.2 Å². The molecule has 1 aromatic carbocycles. The van der Waals surface area contributed by atoms with E-state index >= 15 is 0 Å². The van der Waals surface area contributed by atoms with Crippen molar-refractivity contribution in [1.29, 1.82) is 5.26 Å². The largest absolute Gasteiger partial charge is 0.310 e. The molecule has 1 aromatic heterocycles. The Bertz CT molecular complexity index is 866. The predicted molar refractivity (Wildman–Crippen MR) is 89.2 cm³/mol. The van der Waals surface area contributed by atoms with Gasteiger partial charge in [-0.2, -0.15) is 5.26 Å². The van der Waals surface area contributed by atoms with Crippen molar-refractivity contribution in [2.24, 2.45) is 0 Å². The van der Waals surface area contributed by atoms with Crippen LogP contribution >= 0.6 is 11.6 Å². The van der Waals surface area contributed by atoms with Gasteiger partial charge in [0, 0.05) is 19.0 Å². The molecule has 2 heterocycles. The van der Waals surface area contributed by atoms with Crippen molar-refractivity contribution in [3.05, 3.63) is 50.5 Å². The smallest absolute Gasteiger partial charge is 0.288 e. The number of aromatic nitrogens is 3. The van der Waals surface area contributed by atoms with Gasteiger partial charge in [-0.05, 0) is 30.5 Å². The van der Waals surface area contributed by atoms with E-state index in [0.717, 1.165) is 38.1 Å². The number of hydrogen-bond acceptors (Lipinski definition) is 5. The normalized spacial score (nSPS) is 14.6. The number of nitrogens with zero attached hydrogens (tertiary/aromatic N) is 5. The average Bonchev–Trinajstić information content (AvgIpc) is 2.82. The summed E-state index contributed by atoms with van der Waals surface area (Å²) in [7, 11) is 0. The van der Waals surface area contributed by atoms with Crippen molar-refractivity contribution < 1.29 is 4.92 Å². The molecule has 8 heteroatoms. The third-order valence-electron chi connectivity index (χ3n) is 3.95. The van der Waals surface area contributed by atoms with Crippen LogP contribution in [0.1, 0.15) is 36.5 Å². The second-order valence-corrected chi connectivity index (χ2v) is 5.95. The van der Waals surface area contributed by atoms with Crippen LogP contribution in [0, 0.1) is 21.4 Å². The van der Waals surface area contributed by atoms with Gasteiger partial charge in [-0.25, -0.2) is 0 Å². The molecule has 0 spiro atoms.